The molecular weight excluding hydrogens is 424 g/mol. The van der Waals surface area contributed by atoms with Crippen LogP contribution in [-0.4, -0.2) is 34.6 Å². The number of aromatic nitrogens is 1. The fourth-order valence-electron chi connectivity index (χ4n) is 3.68. The molecule has 0 spiro atoms. The van der Waals surface area contributed by atoms with Crippen molar-refractivity contribution in [3.05, 3.63) is 70.7 Å². The lowest BCUT2D eigenvalue weighted by atomic mass is 10.2. The van der Waals surface area contributed by atoms with E-state index in [9.17, 15) is 4.79 Å². The number of amides is 1. The molecule has 2 aromatic carbocycles. The van der Waals surface area contributed by atoms with Gasteiger partial charge in [-0.05, 0) is 54.6 Å². The molecule has 0 atom stereocenters. The molecule has 1 amide bonds. The van der Waals surface area contributed by atoms with Crippen molar-refractivity contribution in [2.45, 2.75) is 24.7 Å². The summed E-state index contributed by atoms with van der Waals surface area (Å²) in [6.45, 7) is 2.81. The number of fused-ring (bicyclic) bond motifs is 2. The van der Waals surface area contributed by atoms with Crippen molar-refractivity contribution in [3.63, 3.8) is 0 Å². The third-order valence-corrected chi connectivity index (χ3v) is 7.77. The predicted octanol–water partition coefficient (Wildman–Crippen LogP) is 6.01. The van der Waals surface area contributed by atoms with Gasteiger partial charge in [-0.1, -0.05) is 43.3 Å². The molecule has 3 aromatic rings. The molecule has 7 heteroatoms. The first-order valence-corrected chi connectivity index (χ1v) is 12.0. The second kappa shape index (κ2) is 8.40. The molecule has 31 heavy (non-hydrogen) atoms. The number of thioether (sulfide) groups is 2. The zero-order valence-electron chi connectivity index (χ0n) is 17.4. The predicted molar refractivity (Wildman–Crippen MR) is 131 cm³/mol. The first-order chi connectivity index (χ1) is 15.2. The third-order valence-electron chi connectivity index (χ3n) is 5.34. The van der Waals surface area contributed by atoms with E-state index in [2.05, 4.69) is 28.9 Å². The highest BCUT2D eigenvalue weighted by Crippen LogP contribution is 2.50. The van der Waals surface area contributed by atoms with Crippen molar-refractivity contribution in [1.29, 1.82) is 0 Å². The average Bonchev–Trinajstić information content (AvgIpc) is 3.28. The van der Waals surface area contributed by atoms with Gasteiger partial charge in [0.1, 0.15) is 4.91 Å². The number of unbranched alkanes of at least 4 members (excludes halogenated alkanes) is 1. The number of pyridine rings is 1. The zero-order valence-corrected chi connectivity index (χ0v) is 19.0. The van der Waals surface area contributed by atoms with Crippen molar-refractivity contribution in [2.24, 2.45) is 4.99 Å². The first kappa shape index (κ1) is 20.2. The highest BCUT2D eigenvalue weighted by atomic mass is 32.2. The van der Waals surface area contributed by atoms with Gasteiger partial charge in [-0.15, -0.1) is 0 Å². The van der Waals surface area contributed by atoms with E-state index >= 15 is 0 Å². The number of nitrogens with zero attached hydrogens (tertiary/aromatic N) is 4. The van der Waals surface area contributed by atoms with Gasteiger partial charge in [0.2, 0.25) is 0 Å². The number of rotatable bonds is 4. The van der Waals surface area contributed by atoms with Crippen molar-refractivity contribution in [2.75, 3.05) is 18.5 Å². The van der Waals surface area contributed by atoms with Gasteiger partial charge < -0.3 is 4.90 Å². The van der Waals surface area contributed by atoms with Gasteiger partial charge in [-0.25, -0.2) is 4.99 Å². The Balaban J connectivity index is 1.53. The molecule has 0 aliphatic carbocycles. The lowest BCUT2D eigenvalue weighted by molar-refractivity contribution is -0.122. The highest BCUT2D eigenvalue weighted by molar-refractivity contribution is 8.19. The third kappa shape index (κ3) is 3.72. The van der Waals surface area contributed by atoms with Gasteiger partial charge in [0.05, 0.1) is 21.9 Å². The Bertz CT molecular complexity index is 1240. The molecule has 5 nitrogen and oxygen atoms in total. The SMILES string of the molecule is CCCCN1C(=O)C(=C2Sc3ccccc3N2C)SC1=Nc1ccc2ncccc2c1. The minimum atomic E-state index is 0.0433. The number of carbonyl (C=O) groups is 1. The standard InChI is InChI=1S/C24H22N4OS2/c1-3-4-14-28-22(29)21(23-27(2)19-9-5-6-10-20(19)30-23)31-24(28)26-17-11-12-18-16(15-17)8-7-13-25-18/h5-13,15H,3-4,14H2,1-2H3. The molecule has 1 saturated heterocycles. The number of hydrogen-bond acceptors (Lipinski definition) is 6. The summed E-state index contributed by atoms with van der Waals surface area (Å²) in [5, 5.41) is 2.76. The van der Waals surface area contributed by atoms with Crippen molar-refractivity contribution >= 4 is 56.9 Å². The van der Waals surface area contributed by atoms with Crippen LogP contribution in [0, 0.1) is 0 Å². The van der Waals surface area contributed by atoms with E-state index in [-0.39, 0.29) is 5.91 Å². The summed E-state index contributed by atoms with van der Waals surface area (Å²) in [7, 11) is 2.02. The Kier molecular flexibility index (Phi) is 5.46. The molecular formula is C24H22N4OS2. The van der Waals surface area contributed by atoms with Crippen molar-refractivity contribution in [1.82, 2.24) is 9.88 Å². The number of benzene rings is 2. The monoisotopic (exact) mass is 446 g/mol. The maximum atomic E-state index is 13.4. The normalized spacial score (nSPS) is 19.7. The summed E-state index contributed by atoms with van der Waals surface area (Å²) in [6, 6.07) is 18.2. The van der Waals surface area contributed by atoms with Crippen LogP contribution in [0.4, 0.5) is 11.4 Å². The molecule has 5 rings (SSSR count). The average molecular weight is 447 g/mol. The minimum Gasteiger partial charge on any atom is -0.337 e. The molecule has 0 N–H and O–H groups in total. The van der Waals surface area contributed by atoms with E-state index in [4.69, 9.17) is 4.99 Å². The number of carbonyl (C=O) groups excluding carboxylic acids is 1. The Morgan fingerprint density at radius 3 is 2.77 bits per heavy atom. The topological polar surface area (TPSA) is 48.8 Å². The van der Waals surface area contributed by atoms with Crippen LogP contribution in [0.1, 0.15) is 19.8 Å². The number of para-hydroxylation sites is 1. The van der Waals surface area contributed by atoms with Crippen LogP contribution < -0.4 is 4.90 Å². The smallest absolute Gasteiger partial charge is 0.269 e. The van der Waals surface area contributed by atoms with Crippen LogP contribution in [-0.2, 0) is 4.79 Å². The van der Waals surface area contributed by atoms with Crippen LogP contribution >= 0.6 is 23.5 Å². The summed E-state index contributed by atoms with van der Waals surface area (Å²) in [5.41, 5.74) is 2.91. The van der Waals surface area contributed by atoms with Crippen molar-refractivity contribution < 1.29 is 4.79 Å². The molecule has 1 aromatic heterocycles. The fourth-order valence-corrected chi connectivity index (χ4v) is 6.04. The van der Waals surface area contributed by atoms with Crippen LogP contribution in [0.5, 0.6) is 0 Å². The minimum absolute atomic E-state index is 0.0433. The molecule has 1 fully saturated rings. The fraction of sp³-hybridized carbons (Fsp3) is 0.208. The van der Waals surface area contributed by atoms with E-state index in [0.717, 1.165) is 50.2 Å². The highest BCUT2D eigenvalue weighted by Gasteiger charge is 2.38. The first-order valence-electron chi connectivity index (χ1n) is 10.3. The number of amidine groups is 1. The zero-order chi connectivity index (χ0) is 21.4. The molecule has 2 aliphatic rings. The van der Waals surface area contributed by atoms with Crippen LogP contribution in [0.15, 0.2) is 80.6 Å². The van der Waals surface area contributed by atoms with E-state index < -0.39 is 0 Å². The largest absolute Gasteiger partial charge is 0.337 e. The van der Waals surface area contributed by atoms with Gasteiger partial charge in [-0.2, -0.15) is 0 Å². The Labute approximate surface area is 190 Å². The second-order valence-electron chi connectivity index (χ2n) is 7.45. The maximum Gasteiger partial charge on any atom is 0.269 e. The van der Waals surface area contributed by atoms with Gasteiger partial charge in [0, 0.05) is 30.1 Å². The maximum absolute atomic E-state index is 13.4. The van der Waals surface area contributed by atoms with Crippen LogP contribution in [0.3, 0.4) is 0 Å². The Morgan fingerprint density at radius 2 is 1.94 bits per heavy atom. The van der Waals surface area contributed by atoms with E-state index in [0.29, 0.717) is 6.54 Å². The summed E-state index contributed by atoms with van der Waals surface area (Å²) in [6.07, 6.45) is 3.76. The van der Waals surface area contributed by atoms with Crippen molar-refractivity contribution in [3.8, 4) is 0 Å². The Morgan fingerprint density at radius 1 is 1.06 bits per heavy atom. The van der Waals surface area contributed by atoms with Gasteiger partial charge in [0.25, 0.3) is 5.91 Å². The summed E-state index contributed by atoms with van der Waals surface area (Å²) in [4.78, 5) is 28.6. The molecule has 156 valence electrons. The molecule has 3 heterocycles. The number of hydrogen-bond donors (Lipinski definition) is 0. The second-order valence-corrected chi connectivity index (χ2v) is 9.46. The van der Waals surface area contributed by atoms with Gasteiger partial charge in [0.15, 0.2) is 5.17 Å². The van der Waals surface area contributed by atoms with Gasteiger partial charge in [-0.3, -0.25) is 14.7 Å². The molecule has 0 bridgehead atoms. The van der Waals surface area contributed by atoms with E-state index in [1.54, 1.807) is 18.0 Å². The number of anilines is 1. The lowest BCUT2D eigenvalue weighted by Crippen LogP contribution is -2.30. The Hall–Kier alpha value is -2.77. The summed E-state index contributed by atoms with van der Waals surface area (Å²) in [5.74, 6) is 0.0433. The van der Waals surface area contributed by atoms with Crippen LogP contribution in [0.25, 0.3) is 10.9 Å². The summed E-state index contributed by atoms with van der Waals surface area (Å²) < 4.78 is 0. The summed E-state index contributed by atoms with van der Waals surface area (Å²) >= 11 is 3.13. The lowest BCUT2D eigenvalue weighted by Gasteiger charge is -2.16. The number of aliphatic imine (C=N–C) groups is 1. The quantitative estimate of drug-likeness (QED) is 0.460. The van der Waals surface area contributed by atoms with E-state index in [1.807, 2.05) is 54.4 Å². The molecule has 0 unspecified atom stereocenters. The molecule has 0 radical (unpaired) electrons. The van der Waals surface area contributed by atoms with Crippen LogP contribution in [0.2, 0.25) is 0 Å². The molecule has 0 saturated carbocycles. The van der Waals surface area contributed by atoms with E-state index in [1.165, 1.54) is 16.7 Å². The van der Waals surface area contributed by atoms with Gasteiger partial charge >= 0.3 is 0 Å². The molecule has 2 aliphatic heterocycles.